The van der Waals surface area contributed by atoms with Gasteiger partial charge in [-0.3, -0.25) is 14.2 Å². The Morgan fingerprint density at radius 2 is 2.05 bits per heavy atom. The fraction of sp³-hybridized carbons (Fsp3) is 0.231. The highest BCUT2D eigenvalue weighted by atomic mass is 32.1. The van der Waals surface area contributed by atoms with Gasteiger partial charge in [-0.2, -0.15) is 13.2 Å². The van der Waals surface area contributed by atoms with Gasteiger partial charge in [-0.1, -0.05) is 23.5 Å². The molecule has 0 bridgehead atoms. The van der Waals surface area contributed by atoms with E-state index < -0.39 is 22.6 Å². The number of hydrogen-bond acceptors (Lipinski definition) is 3. The summed E-state index contributed by atoms with van der Waals surface area (Å²) in [4.78, 5) is 21.9. The van der Waals surface area contributed by atoms with Crippen molar-refractivity contribution >= 4 is 17.3 Å². The normalized spacial score (nSPS) is 11.6. The number of rotatable bonds is 4. The van der Waals surface area contributed by atoms with Crippen molar-refractivity contribution in [3.05, 3.63) is 44.9 Å². The molecule has 112 valence electrons. The van der Waals surface area contributed by atoms with Gasteiger partial charge in [0.25, 0.3) is 0 Å². The highest BCUT2D eigenvalue weighted by Gasteiger charge is 2.30. The summed E-state index contributed by atoms with van der Waals surface area (Å²) in [7, 11) is 0. The highest BCUT2D eigenvalue weighted by Crippen LogP contribution is 2.32. The van der Waals surface area contributed by atoms with Gasteiger partial charge < -0.3 is 5.11 Å². The second kappa shape index (κ2) is 5.72. The van der Waals surface area contributed by atoms with Crippen LogP contribution in [0, 0.1) is 0 Å². The largest absolute Gasteiger partial charge is 0.481 e. The van der Waals surface area contributed by atoms with Crippen LogP contribution in [0.4, 0.5) is 13.2 Å². The molecule has 0 radical (unpaired) electrons. The lowest BCUT2D eigenvalue weighted by molar-refractivity contribution is -0.138. The third kappa shape index (κ3) is 3.52. The van der Waals surface area contributed by atoms with E-state index in [1.54, 1.807) is 0 Å². The molecule has 0 spiro atoms. The molecule has 0 saturated heterocycles. The predicted molar refractivity (Wildman–Crippen MR) is 71.3 cm³/mol. The summed E-state index contributed by atoms with van der Waals surface area (Å²) in [5, 5.41) is 10.1. The Morgan fingerprint density at radius 1 is 1.33 bits per heavy atom. The topological polar surface area (TPSA) is 59.3 Å². The van der Waals surface area contributed by atoms with Crippen LogP contribution in [0.3, 0.4) is 0 Å². The molecule has 8 heteroatoms. The van der Waals surface area contributed by atoms with E-state index >= 15 is 0 Å². The Kier molecular flexibility index (Phi) is 4.17. The van der Waals surface area contributed by atoms with E-state index in [4.69, 9.17) is 5.11 Å². The summed E-state index contributed by atoms with van der Waals surface area (Å²) in [5.74, 6) is -1.08. The van der Waals surface area contributed by atoms with Crippen molar-refractivity contribution in [3.63, 3.8) is 0 Å². The summed E-state index contributed by atoms with van der Waals surface area (Å²) >= 11 is 0.824. The zero-order valence-corrected chi connectivity index (χ0v) is 11.4. The molecule has 0 fully saturated rings. The molecular formula is C13H10F3NO3S. The lowest BCUT2D eigenvalue weighted by atomic mass is 10.1. The van der Waals surface area contributed by atoms with Gasteiger partial charge in [-0.15, -0.1) is 0 Å². The van der Waals surface area contributed by atoms with Crippen molar-refractivity contribution in [2.24, 2.45) is 0 Å². The van der Waals surface area contributed by atoms with Crippen molar-refractivity contribution in [2.45, 2.75) is 19.1 Å². The van der Waals surface area contributed by atoms with Gasteiger partial charge in [0.15, 0.2) is 0 Å². The van der Waals surface area contributed by atoms with Gasteiger partial charge in [0.2, 0.25) is 0 Å². The van der Waals surface area contributed by atoms with E-state index in [1.165, 1.54) is 22.1 Å². The van der Waals surface area contributed by atoms with E-state index in [1.807, 2.05) is 0 Å². The van der Waals surface area contributed by atoms with Crippen LogP contribution in [0.5, 0.6) is 0 Å². The maximum absolute atomic E-state index is 12.7. The molecule has 0 saturated carbocycles. The quantitative estimate of drug-likeness (QED) is 0.943. The first kappa shape index (κ1) is 15.3. The number of benzene rings is 1. The molecule has 0 aliphatic rings. The van der Waals surface area contributed by atoms with Crippen LogP contribution in [0.15, 0.2) is 34.4 Å². The Hall–Kier alpha value is -2.09. The van der Waals surface area contributed by atoms with Crippen molar-refractivity contribution in [1.82, 2.24) is 4.57 Å². The van der Waals surface area contributed by atoms with E-state index in [0.29, 0.717) is 0 Å². The van der Waals surface area contributed by atoms with Crippen LogP contribution < -0.4 is 4.87 Å². The Bertz CT molecular complexity index is 718. The van der Waals surface area contributed by atoms with Gasteiger partial charge in [0.05, 0.1) is 17.7 Å². The van der Waals surface area contributed by atoms with Crippen LogP contribution in [0.2, 0.25) is 0 Å². The molecule has 21 heavy (non-hydrogen) atoms. The Labute approximate surface area is 121 Å². The van der Waals surface area contributed by atoms with E-state index in [-0.39, 0.29) is 24.2 Å². The molecule has 1 aromatic carbocycles. The maximum atomic E-state index is 12.7. The fourth-order valence-corrected chi connectivity index (χ4v) is 2.62. The first-order valence-corrected chi connectivity index (χ1v) is 6.75. The Balaban J connectivity index is 2.43. The number of carboxylic acid groups (broad SMARTS) is 1. The van der Waals surface area contributed by atoms with E-state index in [9.17, 15) is 22.8 Å². The third-order valence-corrected chi connectivity index (χ3v) is 3.58. The minimum Gasteiger partial charge on any atom is -0.481 e. The molecule has 0 aliphatic carbocycles. The van der Waals surface area contributed by atoms with E-state index in [2.05, 4.69) is 0 Å². The first-order valence-electron chi connectivity index (χ1n) is 5.87. The van der Waals surface area contributed by atoms with Crippen LogP contribution >= 0.6 is 11.3 Å². The monoisotopic (exact) mass is 317 g/mol. The standard InChI is InChI=1S/C13H10F3NO3S/c14-13(15,16)9-3-1-2-8(6-9)10-7-21-12(20)17(10)5-4-11(18)19/h1-3,6-7H,4-5H2,(H,18,19). The predicted octanol–water partition coefficient (Wildman–Crippen LogP) is 3.07. The van der Waals surface area contributed by atoms with Crippen LogP contribution in [0.1, 0.15) is 12.0 Å². The lowest BCUT2D eigenvalue weighted by Gasteiger charge is -2.10. The third-order valence-electron chi connectivity index (χ3n) is 2.82. The number of nitrogens with zero attached hydrogens (tertiary/aromatic N) is 1. The van der Waals surface area contributed by atoms with Gasteiger partial charge in [0.1, 0.15) is 0 Å². The SMILES string of the molecule is O=C(O)CCn1c(-c2cccc(C(F)(F)F)c2)csc1=O. The van der Waals surface area contributed by atoms with Gasteiger partial charge in [-0.25, -0.2) is 0 Å². The molecule has 1 heterocycles. The number of aromatic nitrogens is 1. The minimum absolute atomic E-state index is 0.0801. The van der Waals surface area contributed by atoms with Gasteiger partial charge in [-0.05, 0) is 17.7 Å². The zero-order chi connectivity index (χ0) is 15.6. The molecule has 2 aromatic rings. The summed E-state index contributed by atoms with van der Waals surface area (Å²) in [6.45, 7) is -0.0801. The molecule has 0 unspecified atom stereocenters. The molecule has 0 aliphatic heterocycles. The number of halogens is 3. The lowest BCUT2D eigenvalue weighted by Crippen LogP contribution is -2.16. The molecule has 1 N–H and O–H groups in total. The summed E-state index contributed by atoms with van der Waals surface area (Å²) < 4.78 is 39.3. The van der Waals surface area contributed by atoms with Gasteiger partial charge >= 0.3 is 17.0 Å². The molecule has 1 aromatic heterocycles. The second-order valence-corrected chi connectivity index (χ2v) is 5.08. The van der Waals surface area contributed by atoms with Gasteiger partial charge in [0, 0.05) is 11.9 Å². The first-order chi connectivity index (χ1) is 9.79. The van der Waals surface area contributed by atoms with E-state index in [0.717, 1.165) is 23.5 Å². The fourth-order valence-electron chi connectivity index (χ4n) is 1.83. The molecule has 4 nitrogen and oxygen atoms in total. The number of thiazole rings is 1. The average molecular weight is 317 g/mol. The highest BCUT2D eigenvalue weighted by molar-refractivity contribution is 7.07. The Morgan fingerprint density at radius 3 is 2.67 bits per heavy atom. The number of carboxylic acids is 1. The summed E-state index contributed by atoms with van der Waals surface area (Å²) in [6.07, 6.45) is -4.75. The zero-order valence-electron chi connectivity index (χ0n) is 10.6. The van der Waals surface area contributed by atoms with Crippen molar-refractivity contribution in [2.75, 3.05) is 0 Å². The van der Waals surface area contributed by atoms with Crippen LogP contribution in [-0.2, 0) is 17.5 Å². The number of hydrogen-bond donors (Lipinski definition) is 1. The van der Waals surface area contributed by atoms with Crippen LogP contribution in [0.25, 0.3) is 11.3 Å². The second-order valence-electron chi connectivity index (χ2n) is 4.26. The summed E-state index contributed by atoms with van der Waals surface area (Å²) in [6, 6.07) is 4.59. The van der Waals surface area contributed by atoms with Crippen molar-refractivity contribution in [3.8, 4) is 11.3 Å². The smallest absolute Gasteiger partial charge is 0.416 e. The van der Waals surface area contributed by atoms with Crippen LogP contribution in [-0.4, -0.2) is 15.6 Å². The molecule has 0 amide bonds. The van der Waals surface area contributed by atoms with Crippen molar-refractivity contribution in [1.29, 1.82) is 0 Å². The maximum Gasteiger partial charge on any atom is 0.416 e. The molecule has 0 atom stereocenters. The summed E-state index contributed by atoms with van der Waals surface area (Å²) in [5.41, 5.74) is -0.297. The molecule has 2 rings (SSSR count). The van der Waals surface area contributed by atoms with Crippen molar-refractivity contribution < 1.29 is 23.1 Å². The number of aliphatic carboxylic acids is 1. The minimum atomic E-state index is -4.47. The number of carbonyl (C=O) groups is 1. The number of alkyl halides is 3. The molecular weight excluding hydrogens is 307 g/mol. The average Bonchev–Trinajstić information content (AvgIpc) is 2.77.